The first-order chi connectivity index (χ1) is 27.2. The van der Waals surface area contributed by atoms with Gasteiger partial charge in [-0.3, -0.25) is 29.3 Å². The molecule has 2 aliphatic heterocycles. The summed E-state index contributed by atoms with van der Waals surface area (Å²) in [6.07, 6.45) is 2.59. The number of likely N-dealkylation sites (N-methyl/N-ethyl adjacent to an activating group) is 1. The predicted octanol–water partition coefficient (Wildman–Crippen LogP) is 5.93. The molecule has 1 saturated heterocycles. The minimum atomic E-state index is -1.05. The molecule has 6 bridgehead atoms. The van der Waals surface area contributed by atoms with Crippen molar-refractivity contribution in [1.82, 2.24) is 35.2 Å². The second-order valence-electron chi connectivity index (χ2n) is 16.0. The van der Waals surface area contributed by atoms with Crippen molar-refractivity contribution in [3.63, 3.8) is 0 Å². The number of carbonyl (C=O) groups excluding carboxylic acids is 4. The van der Waals surface area contributed by atoms with Crippen molar-refractivity contribution in [2.75, 3.05) is 34.4 Å². The fourth-order valence-electron chi connectivity index (χ4n) is 8.00. The van der Waals surface area contributed by atoms with Crippen LogP contribution in [0.15, 0.2) is 41.9 Å². The van der Waals surface area contributed by atoms with Crippen LogP contribution in [0.5, 0.6) is 0 Å². The summed E-state index contributed by atoms with van der Waals surface area (Å²) in [6.45, 7) is 13.1. The Morgan fingerprint density at radius 1 is 1.18 bits per heavy atom. The Kier molecular flexibility index (Phi) is 12.7. The van der Waals surface area contributed by atoms with Crippen molar-refractivity contribution in [3.8, 4) is 22.5 Å². The molecular weight excluding hydrogens is 747 g/mol. The highest BCUT2D eigenvalue weighted by molar-refractivity contribution is 7.10. The maximum Gasteiger partial charge on any atom is 0.409 e. The average Bonchev–Trinajstić information content (AvgIpc) is 3.79. The Hall–Kier alpha value is -4.86. The molecule has 1 aromatic carbocycles. The zero-order valence-electron chi connectivity index (χ0n) is 34.4. The quantitative estimate of drug-likeness (QED) is 0.205. The number of rotatable bonds is 8. The Balaban J connectivity index is 1.48. The van der Waals surface area contributed by atoms with Gasteiger partial charge < -0.3 is 24.1 Å². The van der Waals surface area contributed by atoms with Gasteiger partial charge in [-0.05, 0) is 68.9 Å². The number of ether oxygens (including phenoxy) is 3. The number of pyridine rings is 1. The van der Waals surface area contributed by atoms with Crippen molar-refractivity contribution < 1.29 is 33.4 Å². The number of nitrogens with zero attached hydrogens (tertiary/aromatic N) is 5. The Morgan fingerprint density at radius 3 is 2.65 bits per heavy atom. The largest absolute Gasteiger partial charge is 0.464 e. The number of hydrogen-bond donors (Lipinski definition) is 2. The van der Waals surface area contributed by atoms with Crippen LogP contribution in [0, 0.1) is 11.3 Å². The minimum absolute atomic E-state index is 0.0921. The second-order valence-corrected chi connectivity index (χ2v) is 17.0. The van der Waals surface area contributed by atoms with Crippen LogP contribution >= 0.6 is 11.3 Å². The topological polar surface area (TPSA) is 157 Å². The van der Waals surface area contributed by atoms with E-state index in [1.807, 2.05) is 32.2 Å². The van der Waals surface area contributed by atoms with Crippen LogP contribution < -0.4 is 10.7 Å². The molecule has 4 atom stereocenters. The summed E-state index contributed by atoms with van der Waals surface area (Å²) < 4.78 is 19.1. The molecule has 0 radical (unpaired) electrons. The van der Waals surface area contributed by atoms with E-state index in [0.29, 0.717) is 37.4 Å². The van der Waals surface area contributed by atoms with Gasteiger partial charge >= 0.3 is 12.1 Å². The van der Waals surface area contributed by atoms with Crippen LogP contribution in [0.25, 0.3) is 33.4 Å². The number of methoxy groups -OCH3 is 2. The van der Waals surface area contributed by atoms with Crippen molar-refractivity contribution in [1.29, 1.82) is 0 Å². The third kappa shape index (κ3) is 8.70. The van der Waals surface area contributed by atoms with Crippen LogP contribution in [0.3, 0.4) is 0 Å². The van der Waals surface area contributed by atoms with E-state index >= 15 is 0 Å². The number of cyclic esters (lactones) is 1. The smallest absolute Gasteiger partial charge is 0.409 e. The third-order valence-electron chi connectivity index (χ3n) is 10.9. The lowest BCUT2D eigenvalue weighted by Gasteiger charge is -2.36. The van der Waals surface area contributed by atoms with Crippen LogP contribution in [0.2, 0.25) is 0 Å². The van der Waals surface area contributed by atoms with E-state index in [-0.39, 0.29) is 25.0 Å². The summed E-state index contributed by atoms with van der Waals surface area (Å²) >= 11 is 1.41. The lowest BCUT2D eigenvalue weighted by Crippen LogP contribution is -2.62. The van der Waals surface area contributed by atoms with E-state index in [2.05, 4.69) is 60.3 Å². The highest BCUT2D eigenvalue weighted by Crippen LogP contribution is 2.42. The van der Waals surface area contributed by atoms with Gasteiger partial charge in [-0.1, -0.05) is 33.8 Å². The van der Waals surface area contributed by atoms with E-state index in [1.165, 1.54) is 35.4 Å². The molecule has 0 unspecified atom stereocenters. The number of carbonyl (C=O) groups is 4. The highest BCUT2D eigenvalue weighted by atomic mass is 32.1. The first kappa shape index (κ1) is 41.8. The van der Waals surface area contributed by atoms with Gasteiger partial charge in [0.15, 0.2) is 0 Å². The Morgan fingerprint density at radius 2 is 1.95 bits per heavy atom. The maximum absolute atomic E-state index is 14.3. The number of benzene rings is 1. The summed E-state index contributed by atoms with van der Waals surface area (Å²) in [5, 5.41) is 8.01. The van der Waals surface area contributed by atoms with Gasteiger partial charge in [0.25, 0.3) is 5.91 Å². The first-order valence-corrected chi connectivity index (χ1v) is 20.5. The number of thiazole rings is 1. The Labute approximate surface area is 338 Å². The third-order valence-corrected chi connectivity index (χ3v) is 11.8. The van der Waals surface area contributed by atoms with Crippen molar-refractivity contribution in [2.45, 2.75) is 98.0 Å². The maximum atomic E-state index is 14.3. The molecule has 0 aliphatic carbocycles. The minimum Gasteiger partial charge on any atom is -0.464 e. The molecule has 3 aromatic heterocycles. The predicted molar refractivity (Wildman–Crippen MR) is 218 cm³/mol. The monoisotopic (exact) mass is 801 g/mol. The molecule has 4 aromatic rings. The number of hydrogen-bond acceptors (Lipinski definition) is 11. The Bertz CT molecular complexity index is 2130. The molecule has 2 N–H and O–H groups in total. The zero-order chi connectivity index (χ0) is 41.2. The summed E-state index contributed by atoms with van der Waals surface area (Å²) in [5.74, 6) is -1.66. The molecule has 3 amide bonds. The van der Waals surface area contributed by atoms with Gasteiger partial charge in [0, 0.05) is 72.7 Å². The van der Waals surface area contributed by atoms with Crippen LogP contribution in [0.4, 0.5) is 4.79 Å². The molecule has 1 fully saturated rings. The lowest BCUT2D eigenvalue weighted by molar-refractivity contribution is -0.155. The van der Waals surface area contributed by atoms with E-state index < -0.39 is 47.4 Å². The van der Waals surface area contributed by atoms with Gasteiger partial charge in [-0.15, -0.1) is 11.3 Å². The van der Waals surface area contributed by atoms with E-state index in [4.69, 9.17) is 24.2 Å². The number of amides is 3. The van der Waals surface area contributed by atoms with Crippen LogP contribution in [-0.2, 0) is 48.0 Å². The molecular formula is C42H55N7O7S. The van der Waals surface area contributed by atoms with Crippen molar-refractivity contribution in [3.05, 3.63) is 58.2 Å². The standard InChI is InChI=1S/C42H55N7O7S/c1-10-48-33-16-15-26-19-28(33)29(37(48)27-13-11-17-43-35(27)25(4)54-8)21-42(5,6)23-56-40(52)30-14-12-18-49(46-30)39(51)31(20-34-44-32(26)22-57-34)45-38(50)36(24(2)3)47(7)41(53)55-9/h11,13,15-17,19,22,24-25,30-31,36,46H,10,12,14,18,20-21,23H2,1-9H3,(H,45,50)/t25-,30-,31-,36-/m0/s1. The van der Waals surface area contributed by atoms with E-state index in [1.54, 1.807) is 13.3 Å². The second kappa shape index (κ2) is 17.3. The highest BCUT2D eigenvalue weighted by Gasteiger charge is 2.38. The first-order valence-electron chi connectivity index (χ1n) is 19.6. The SMILES string of the molecule is CCn1c(-c2cccnc2[C@H](C)OC)c2c3cc(ccc31)-c1csc(n1)C[C@H](NC(=O)[C@H](C(C)C)N(C)C(=O)OC)C(=O)N1CCC[C@H](N1)C(=O)OCC(C)(C)C2. The molecule has 6 rings (SSSR count). The van der Waals surface area contributed by atoms with Gasteiger partial charge in [0.2, 0.25) is 5.91 Å². The fraction of sp³-hybridized carbons (Fsp3) is 0.524. The molecule has 5 heterocycles. The zero-order valence-corrected chi connectivity index (χ0v) is 35.2. The van der Waals surface area contributed by atoms with E-state index in [9.17, 15) is 19.2 Å². The summed E-state index contributed by atoms with van der Waals surface area (Å²) in [5.41, 5.74) is 9.29. The van der Waals surface area contributed by atoms with Crippen LogP contribution in [-0.4, -0.2) is 101 Å². The van der Waals surface area contributed by atoms with Gasteiger partial charge in [0.1, 0.15) is 18.1 Å². The molecule has 57 heavy (non-hydrogen) atoms. The normalized spacial score (nSPS) is 19.8. The summed E-state index contributed by atoms with van der Waals surface area (Å²) in [6, 6.07) is 7.67. The van der Waals surface area contributed by atoms with Gasteiger partial charge in [-0.2, -0.15) is 0 Å². The van der Waals surface area contributed by atoms with Gasteiger partial charge in [0.05, 0.1) is 41.9 Å². The van der Waals surface area contributed by atoms with E-state index in [0.717, 1.165) is 44.7 Å². The molecule has 2 aliphatic rings. The number of hydrazine groups is 1. The van der Waals surface area contributed by atoms with Crippen LogP contribution in [0.1, 0.15) is 76.8 Å². The number of esters is 1. The lowest BCUT2D eigenvalue weighted by atomic mass is 9.84. The van der Waals surface area contributed by atoms with Crippen molar-refractivity contribution >= 4 is 46.1 Å². The summed E-state index contributed by atoms with van der Waals surface area (Å²) in [7, 11) is 4.43. The fourth-order valence-corrected chi connectivity index (χ4v) is 8.85. The molecule has 0 spiro atoms. The molecule has 14 nitrogen and oxygen atoms in total. The molecule has 15 heteroatoms. The number of aromatic nitrogens is 3. The number of fused-ring (bicyclic) bond motifs is 6. The average molecular weight is 802 g/mol. The number of aryl methyl sites for hydroxylation is 1. The molecule has 306 valence electrons. The molecule has 0 saturated carbocycles. The number of nitrogens with one attached hydrogen (secondary N) is 2. The van der Waals surface area contributed by atoms with Crippen molar-refractivity contribution in [2.24, 2.45) is 11.3 Å². The summed E-state index contributed by atoms with van der Waals surface area (Å²) in [4.78, 5) is 65.5. The van der Waals surface area contributed by atoms with Gasteiger partial charge in [-0.25, -0.2) is 15.2 Å².